The van der Waals surface area contributed by atoms with Gasteiger partial charge in [-0.2, -0.15) is 0 Å². The molecule has 1 aliphatic carbocycles. The Hall–Kier alpha value is -0.930. The van der Waals surface area contributed by atoms with Gasteiger partial charge < -0.3 is 9.47 Å². The molecule has 152 valence electrons. The van der Waals surface area contributed by atoms with Crippen LogP contribution in [-0.2, 0) is 15.9 Å². The smallest absolute Gasteiger partial charge is 0.160 e. The molecule has 0 amide bonds. The second-order valence-corrected chi connectivity index (χ2v) is 8.61. The average Bonchev–Trinajstić information content (AvgIpc) is 2.69. The third kappa shape index (κ3) is 5.77. The van der Waals surface area contributed by atoms with Gasteiger partial charge in [0.2, 0.25) is 0 Å². The number of rotatable bonds is 8. The normalized spacial score (nSPS) is 29.0. The quantitative estimate of drug-likeness (QED) is 0.475. The zero-order chi connectivity index (χ0) is 19.1. The lowest BCUT2D eigenvalue weighted by Gasteiger charge is -2.37. The molecule has 1 aliphatic heterocycles. The lowest BCUT2D eigenvalue weighted by Crippen LogP contribution is -2.38. The second kappa shape index (κ2) is 10.6. The Bertz CT molecular complexity index is 557. The van der Waals surface area contributed by atoms with Gasteiger partial charge in [-0.05, 0) is 61.6 Å². The molecule has 0 spiro atoms. The van der Waals surface area contributed by atoms with E-state index in [1.54, 1.807) is 6.07 Å². The van der Waals surface area contributed by atoms with Crippen LogP contribution in [0.15, 0.2) is 18.2 Å². The van der Waals surface area contributed by atoms with Gasteiger partial charge in [-0.3, -0.25) is 0 Å². The summed E-state index contributed by atoms with van der Waals surface area (Å²) in [6, 6.07) is 5.89. The van der Waals surface area contributed by atoms with E-state index in [-0.39, 0.29) is 12.1 Å². The van der Waals surface area contributed by atoms with Gasteiger partial charge in [-0.1, -0.05) is 51.7 Å². The number of unbranched alkanes of at least 4 members (excludes halogenated alkanes) is 2. The van der Waals surface area contributed by atoms with Crippen LogP contribution < -0.4 is 0 Å². The molecule has 0 radical (unpaired) electrons. The van der Waals surface area contributed by atoms with E-state index in [4.69, 9.17) is 9.47 Å². The van der Waals surface area contributed by atoms with Crippen LogP contribution in [0.3, 0.4) is 0 Å². The number of benzene rings is 1. The maximum Gasteiger partial charge on any atom is 0.160 e. The van der Waals surface area contributed by atoms with Crippen LogP contribution in [0.4, 0.5) is 4.39 Å². The van der Waals surface area contributed by atoms with E-state index in [1.807, 2.05) is 6.07 Å². The van der Waals surface area contributed by atoms with Crippen molar-refractivity contribution in [3.05, 3.63) is 35.1 Å². The van der Waals surface area contributed by atoms with Gasteiger partial charge in [-0.25, -0.2) is 4.39 Å². The van der Waals surface area contributed by atoms with Crippen LogP contribution >= 0.6 is 0 Å². The Balaban J connectivity index is 1.44. The second-order valence-electron chi connectivity index (χ2n) is 8.61. The van der Waals surface area contributed by atoms with E-state index in [9.17, 15) is 4.39 Å². The summed E-state index contributed by atoms with van der Waals surface area (Å²) in [5, 5.41) is 0. The molecule has 3 rings (SSSR count). The Morgan fingerprint density at radius 1 is 0.963 bits per heavy atom. The Kier molecular flexibility index (Phi) is 8.14. The summed E-state index contributed by atoms with van der Waals surface area (Å²) in [5.74, 6) is 1.38. The largest absolute Gasteiger partial charge is 0.352 e. The lowest BCUT2D eigenvalue weighted by molar-refractivity contribution is -0.229. The van der Waals surface area contributed by atoms with E-state index in [0.29, 0.717) is 17.8 Å². The molecule has 27 heavy (non-hydrogen) atoms. The van der Waals surface area contributed by atoms with Gasteiger partial charge in [0.1, 0.15) is 5.82 Å². The molecule has 0 aromatic heterocycles. The Labute approximate surface area is 164 Å². The summed E-state index contributed by atoms with van der Waals surface area (Å²) >= 11 is 0. The third-order valence-corrected chi connectivity index (χ3v) is 6.41. The number of hydrogen-bond acceptors (Lipinski definition) is 2. The van der Waals surface area contributed by atoms with E-state index >= 15 is 0 Å². The first-order chi connectivity index (χ1) is 13.2. The maximum atomic E-state index is 14.5. The molecule has 2 fully saturated rings. The van der Waals surface area contributed by atoms with Crippen molar-refractivity contribution in [2.75, 3.05) is 13.2 Å². The predicted molar refractivity (Wildman–Crippen MR) is 108 cm³/mol. The highest BCUT2D eigenvalue weighted by molar-refractivity contribution is 5.27. The first-order valence-corrected chi connectivity index (χ1v) is 11.2. The van der Waals surface area contributed by atoms with Crippen molar-refractivity contribution in [3.8, 4) is 0 Å². The predicted octanol–water partition coefficient (Wildman–Crippen LogP) is 6.62. The molecule has 2 aliphatic rings. The lowest BCUT2D eigenvalue weighted by atomic mass is 9.78. The van der Waals surface area contributed by atoms with Crippen molar-refractivity contribution >= 4 is 0 Å². The number of hydrogen-bond donors (Lipinski definition) is 0. The fraction of sp³-hybridized carbons (Fsp3) is 0.750. The van der Waals surface area contributed by atoms with Gasteiger partial charge in [0, 0.05) is 11.8 Å². The van der Waals surface area contributed by atoms with Crippen LogP contribution in [0.2, 0.25) is 0 Å². The molecule has 1 saturated carbocycles. The fourth-order valence-corrected chi connectivity index (χ4v) is 4.73. The number of aryl methyl sites for hydroxylation is 1. The fourth-order valence-electron chi connectivity index (χ4n) is 4.73. The van der Waals surface area contributed by atoms with Crippen molar-refractivity contribution in [2.24, 2.45) is 11.8 Å². The van der Waals surface area contributed by atoms with Crippen molar-refractivity contribution in [3.63, 3.8) is 0 Å². The minimum atomic E-state index is -0.0369. The summed E-state index contributed by atoms with van der Waals surface area (Å²) in [6.07, 6.45) is 11.3. The minimum absolute atomic E-state index is 0.00973. The SMILES string of the molecule is CCCCCC1COC([C@H]2CC[C@H](c3ccc(CCC)cc3F)CC2)OC1. The van der Waals surface area contributed by atoms with Gasteiger partial charge >= 0.3 is 0 Å². The van der Waals surface area contributed by atoms with Crippen molar-refractivity contribution < 1.29 is 13.9 Å². The first-order valence-electron chi connectivity index (χ1n) is 11.2. The molecule has 0 bridgehead atoms. The van der Waals surface area contributed by atoms with Gasteiger partial charge in [0.25, 0.3) is 0 Å². The molecule has 3 heteroatoms. The summed E-state index contributed by atoms with van der Waals surface area (Å²) in [4.78, 5) is 0. The molecule has 0 unspecified atom stereocenters. The monoisotopic (exact) mass is 376 g/mol. The van der Waals surface area contributed by atoms with Crippen molar-refractivity contribution in [2.45, 2.75) is 90.3 Å². The Morgan fingerprint density at radius 3 is 2.33 bits per heavy atom. The number of ether oxygens (including phenoxy) is 2. The molecular formula is C24H37FO2. The molecule has 1 heterocycles. The Morgan fingerprint density at radius 2 is 1.70 bits per heavy atom. The average molecular weight is 377 g/mol. The van der Waals surface area contributed by atoms with E-state index < -0.39 is 0 Å². The zero-order valence-electron chi connectivity index (χ0n) is 17.2. The summed E-state index contributed by atoms with van der Waals surface area (Å²) in [7, 11) is 0. The molecule has 1 aromatic carbocycles. The van der Waals surface area contributed by atoms with Crippen LogP contribution in [0, 0.1) is 17.7 Å². The highest BCUT2D eigenvalue weighted by Crippen LogP contribution is 2.40. The van der Waals surface area contributed by atoms with Crippen LogP contribution in [-0.4, -0.2) is 19.5 Å². The molecule has 0 atom stereocenters. The highest BCUT2D eigenvalue weighted by atomic mass is 19.1. The van der Waals surface area contributed by atoms with Crippen molar-refractivity contribution in [1.82, 2.24) is 0 Å². The first kappa shape index (κ1) is 20.8. The summed E-state index contributed by atoms with van der Waals surface area (Å²) < 4.78 is 26.7. The van der Waals surface area contributed by atoms with Gasteiger partial charge in [0.15, 0.2) is 6.29 Å². The number of halogens is 1. The zero-order valence-corrected chi connectivity index (χ0v) is 17.2. The third-order valence-electron chi connectivity index (χ3n) is 6.41. The highest BCUT2D eigenvalue weighted by Gasteiger charge is 2.33. The summed E-state index contributed by atoms with van der Waals surface area (Å²) in [5.41, 5.74) is 2.03. The van der Waals surface area contributed by atoms with Crippen LogP contribution in [0.1, 0.15) is 88.7 Å². The maximum absolute atomic E-state index is 14.5. The molecule has 1 saturated heterocycles. The van der Waals surface area contributed by atoms with Crippen LogP contribution in [0.5, 0.6) is 0 Å². The molecular weight excluding hydrogens is 339 g/mol. The standard InChI is InChI=1S/C24H37FO2/c1-3-5-6-8-19-16-26-24(27-17-19)21-12-10-20(11-13-21)22-14-9-18(7-4-2)15-23(22)25/h9,14-15,19-21,24H,3-8,10-13,16-17H2,1-2H3/t19?,20-,21-,24?. The molecule has 0 N–H and O–H groups in total. The topological polar surface area (TPSA) is 18.5 Å². The minimum Gasteiger partial charge on any atom is -0.352 e. The van der Waals surface area contributed by atoms with Crippen molar-refractivity contribution in [1.29, 1.82) is 0 Å². The van der Waals surface area contributed by atoms with E-state index in [0.717, 1.165) is 62.9 Å². The van der Waals surface area contributed by atoms with Gasteiger partial charge in [-0.15, -0.1) is 0 Å². The van der Waals surface area contributed by atoms with Gasteiger partial charge in [0.05, 0.1) is 13.2 Å². The molecule has 1 aromatic rings. The van der Waals surface area contributed by atoms with E-state index in [1.165, 1.54) is 25.7 Å². The van der Waals surface area contributed by atoms with Crippen LogP contribution in [0.25, 0.3) is 0 Å². The summed E-state index contributed by atoms with van der Waals surface area (Å²) in [6.45, 7) is 6.07. The van der Waals surface area contributed by atoms with E-state index in [2.05, 4.69) is 19.9 Å². The molecule has 2 nitrogen and oxygen atoms in total.